The second-order valence-corrected chi connectivity index (χ2v) is 3.91. The first-order valence-corrected chi connectivity index (χ1v) is 5.09. The van der Waals surface area contributed by atoms with Crippen LogP contribution in [0.4, 0.5) is 5.95 Å². The molecule has 82 valence electrons. The van der Waals surface area contributed by atoms with Gasteiger partial charge in [-0.1, -0.05) is 12.8 Å². The van der Waals surface area contributed by atoms with Crippen LogP contribution in [0.3, 0.4) is 0 Å². The number of nitrogens with one attached hydrogen (secondary N) is 1. The van der Waals surface area contributed by atoms with E-state index in [9.17, 15) is 4.79 Å². The van der Waals surface area contributed by atoms with E-state index in [0.29, 0.717) is 12.2 Å². The van der Waals surface area contributed by atoms with E-state index in [0.717, 1.165) is 19.3 Å². The Morgan fingerprint density at radius 2 is 2.20 bits per heavy atom. The van der Waals surface area contributed by atoms with Crippen LogP contribution in [0.25, 0.3) is 0 Å². The SMILES string of the molecule is Nc1n[nH]c([C@H]2CCCC[C@@H]2C(=O)O)n1. The van der Waals surface area contributed by atoms with Crippen LogP contribution >= 0.6 is 0 Å². The van der Waals surface area contributed by atoms with Gasteiger partial charge in [0.1, 0.15) is 5.82 Å². The predicted octanol–water partition coefficient (Wildman–Crippen LogP) is 0.745. The molecule has 6 heteroatoms. The average molecular weight is 210 g/mol. The van der Waals surface area contributed by atoms with Crippen molar-refractivity contribution in [2.75, 3.05) is 5.73 Å². The van der Waals surface area contributed by atoms with E-state index >= 15 is 0 Å². The molecule has 0 radical (unpaired) electrons. The molecule has 1 aromatic heterocycles. The maximum absolute atomic E-state index is 11.1. The summed E-state index contributed by atoms with van der Waals surface area (Å²) in [4.78, 5) is 15.1. The quantitative estimate of drug-likeness (QED) is 0.667. The monoisotopic (exact) mass is 210 g/mol. The van der Waals surface area contributed by atoms with Crippen molar-refractivity contribution in [1.29, 1.82) is 0 Å². The molecule has 1 aliphatic rings. The minimum absolute atomic E-state index is 0.0685. The molecule has 0 aliphatic heterocycles. The summed E-state index contributed by atoms with van der Waals surface area (Å²) in [7, 11) is 0. The van der Waals surface area contributed by atoms with E-state index in [-0.39, 0.29) is 17.8 Å². The minimum Gasteiger partial charge on any atom is -0.481 e. The van der Waals surface area contributed by atoms with Crippen molar-refractivity contribution < 1.29 is 9.90 Å². The number of nitrogens with zero attached hydrogens (tertiary/aromatic N) is 2. The van der Waals surface area contributed by atoms with E-state index in [2.05, 4.69) is 15.2 Å². The Kier molecular flexibility index (Phi) is 2.57. The maximum Gasteiger partial charge on any atom is 0.307 e. The summed E-state index contributed by atoms with van der Waals surface area (Å²) in [5, 5.41) is 15.5. The molecular formula is C9H14N4O2. The molecule has 0 unspecified atom stereocenters. The first-order chi connectivity index (χ1) is 7.18. The van der Waals surface area contributed by atoms with Crippen molar-refractivity contribution in [3.8, 4) is 0 Å². The number of nitrogen functional groups attached to an aromatic ring is 1. The largest absolute Gasteiger partial charge is 0.481 e. The van der Waals surface area contributed by atoms with Gasteiger partial charge in [-0.2, -0.15) is 4.98 Å². The smallest absolute Gasteiger partial charge is 0.307 e. The highest BCUT2D eigenvalue weighted by Gasteiger charge is 2.33. The zero-order valence-corrected chi connectivity index (χ0v) is 8.31. The normalized spacial score (nSPS) is 26.4. The number of H-pyrrole nitrogens is 1. The lowest BCUT2D eigenvalue weighted by Crippen LogP contribution is -2.26. The molecule has 0 amide bonds. The molecule has 0 saturated heterocycles. The van der Waals surface area contributed by atoms with Gasteiger partial charge in [0.05, 0.1) is 5.92 Å². The van der Waals surface area contributed by atoms with Gasteiger partial charge in [0, 0.05) is 5.92 Å². The number of rotatable bonds is 2. The summed E-state index contributed by atoms with van der Waals surface area (Å²) in [6.45, 7) is 0. The number of carboxylic acid groups (broad SMARTS) is 1. The predicted molar refractivity (Wildman–Crippen MR) is 53.1 cm³/mol. The minimum atomic E-state index is -0.755. The molecule has 0 aromatic carbocycles. The Bertz CT molecular complexity index is 363. The van der Waals surface area contributed by atoms with Gasteiger partial charge in [-0.25, -0.2) is 0 Å². The van der Waals surface area contributed by atoms with Crippen LogP contribution in [0.5, 0.6) is 0 Å². The Balaban J connectivity index is 2.21. The zero-order valence-electron chi connectivity index (χ0n) is 8.31. The first-order valence-electron chi connectivity index (χ1n) is 5.09. The fourth-order valence-electron chi connectivity index (χ4n) is 2.21. The van der Waals surface area contributed by atoms with E-state index in [4.69, 9.17) is 10.8 Å². The fraction of sp³-hybridized carbons (Fsp3) is 0.667. The van der Waals surface area contributed by atoms with Gasteiger partial charge in [0.2, 0.25) is 5.95 Å². The van der Waals surface area contributed by atoms with Crippen LogP contribution in [0.1, 0.15) is 37.4 Å². The third-order valence-corrected chi connectivity index (χ3v) is 2.95. The Morgan fingerprint density at radius 3 is 2.80 bits per heavy atom. The molecule has 1 saturated carbocycles. The summed E-state index contributed by atoms with van der Waals surface area (Å²) in [6.07, 6.45) is 3.55. The van der Waals surface area contributed by atoms with E-state index in [1.54, 1.807) is 0 Å². The summed E-state index contributed by atoms with van der Waals surface area (Å²) in [5.74, 6) is -0.388. The van der Waals surface area contributed by atoms with Gasteiger partial charge in [-0.05, 0) is 12.8 Å². The Morgan fingerprint density at radius 1 is 1.47 bits per heavy atom. The molecule has 15 heavy (non-hydrogen) atoms. The summed E-state index contributed by atoms with van der Waals surface area (Å²) in [5.41, 5.74) is 5.41. The lowest BCUT2D eigenvalue weighted by Gasteiger charge is -2.26. The molecule has 1 fully saturated rings. The summed E-state index contributed by atoms with van der Waals surface area (Å²) >= 11 is 0. The van der Waals surface area contributed by atoms with Crippen molar-refractivity contribution in [3.05, 3.63) is 5.82 Å². The number of carboxylic acids is 1. The molecular weight excluding hydrogens is 196 g/mol. The number of carbonyl (C=O) groups is 1. The highest BCUT2D eigenvalue weighted by Crippen LogP contribution is 2.36. The average Bonchev–Trinajstić information content (AvgIpc) is 2.65. The Labute approximate surface area is 86.9 Å². The molecule has 0 bridgehead atoms. The third kappa shape index (κ3) is 1.93. The lowest BCUT2D eigenvalue weighted by atomic mass is 9.79. The zero-order chi connectivity index (χ0) is 10.8. The van der Waals surface area contributed by atoms with Crippen LogP contribution in [0.15, 0.2) is 0 Å². The molecule has 0 spiro atoms. The van der Waals surface area contributed by atoms with Crippen molar-refractivity contribution in [2.24, 2.45) is 5.92 Å². The highest BCUT2D eigenvalue weighted by molar-refractivity contribution is 5.71. The number of hydrogen-bond acceptors (Lipinski definition) is 4. The topological polar surface area (TPSA) is 105 Å². The lowest BCUT2D eigenvalue weighted by molar-refractivity contribution is -0.143. The van der Waals surface area contributed by atoms with E-state index in [1.165, 1.54) is 0 Å². The number of nitrogens with two attached hydrogens (primary N) is 1. The number of aromatic nitrogens is 3. The van der Waals surface area contributed by atoms with Crippen molar-refractivity contribution in [3.63, 3.8) is 0 Å². The van der Waals surface area contributed by atoms with Gasteiger partial charge in [0.25, 0.3) is 0 Å². The molecule has 6 nitrogen and oxygen atoms in total. The van der Waals surface area contributed by atoms with Gasteiger partial charge in [-0.3, -0.25) is 9.89 Å². The van der Waals surface area contributed by atoms with Crippen LogP contribution in [0, 0.1) is 5.92 Å². The molecule has 2 atom stereocenters. The number of aliphatic carboxylic acids is 1. The van der Waals surface area contributed by atoms with Gasteiger partial charge >= 0.3 is 5.97 Å². The van der Waals surface area contributed by atoms with Gasteiger partial charge in [0.15, 0.2) is 0 Å². The van der Waals surface area contributed by atoms with Crippen molar-refractivity contribution in [1.82, 2.24) is 15.2 Å². The maximum atomic E-state index is 11.1. The van der Waals surface area contributed by atoms with Crippen LogP contribution in [0.2, 0.25) is 0 Å². The second-order valence-electron chi connectivity index (χ2n) is 3.91. The molecule has 1 aromatic rings. The van der Waals surface area contributed by atoms with Crippen molar-refractivity contribution >= 4 is 11.9 Å². The van der Waals surface area contributed by atoms with Gasteiger partial charge < -0.3 is 10.8 Å². The number of hydrogen-bond donors (Lipinski definition) is 3. The van der Waals surface area contributed by atoms with E-state index < -0.39 is 5.97 Å². The third-order valence-electron chi connectivity index (χ3n) is 2.95. The van der Waals surface area contributed by atoms with Crippen LogP contribution < -0.4 is 5.73 Å². The first kappa shape index (κ1) is 9.95. The number of aromatic amines is 1. The molecule has 2 rings (SSSR count). The van der Waals surface area contributed by atoms with Crippen LogP contribution in [-0.2, 0) is 4.79 Å². The summed E-state index contributed by atoms with van der Waals surface area (Å²) < 4.78 is 0. The van der Waals surface area contributed by atoms with Crippen molar-refractivity contribution in [2.45, 2.75) is 31.6 Å². The van der Waals surface area contributed by atoms with Gasteiger partial charge in [-0.15, -0.1) is 5.10 Å². The molecule has 1 heterocycles. The Hall–Kier alpha value is -1.59. The van der Waals surface area contributed by atoms with E-state index in [1.807, 2.05) is 0 Å². The second kappa shape index (κ2) is 3.88. The van der Waals surface area contributed by atoms with Crippen LogP contribution in [-0.4, -0.2) is 26.3 Å². The fourth-order valence-corrected chi connectivity index (χ4v) is 2.21. The standard InChI is InChI=1S/C9H14N4O2/c10-9-11-7(12-13-9)5-3-1-2-4-6(5)8(14)15/h5-6H,1-4H2,(H,14,15)(H3,10,11,12,13)/t5-,6-/m0/s1. The molecule has 1 aliphatic carbocycles. The number of anilines is 1. The summed E-state index contributed by atoms with van der Waals surface area (Å²) in [6, 6.07) is 0. The molecule has 4 N–H and O–H groups in total. The highest BCUT2D eigenvalue weighted by atomic mass is 16.4.